The topological polar surface area (TPSA) is 104 Å². The average molecular weight is 276 g/mol. The third kappa shape index (κ3) is 2.06. The number of anilines is 2. The van der Waals surface area contributed by atoms with Crippen LogP contribution in [0.3, 0.4) is 0 Å². The van der Waals surface area contributed by atoms with E-state index in [0.29, 0.717) is 28.0 Å². The Morgan fingerprint density at radius 3 is 2.89 bits per heavy atom. The number of benzene rings is 1. The molecular weight excluding hydrogens is 264 g/mol. The van der Waals surface area contributed by atoms with Crippen LogP contribution in [0.5, 0.6) is 5.75 Å². The van der Waals surface area contributed by atoms with E-state index in [9.17, 15) is 0 Å². The van der Waals surface area contributed by atoms with Gasteiger partial charge in [-0.25, -0.2) is 0 Å². The molecule has 4 N–H and O–H groups in total. The molecule has 0 fully saturated rings. The van der Waals surface area contributed by atoms with Gasteiger partial charge in [0.2, 0.25) is 10.1 Å². The number of nitrogens with zero attached hydrogens (tertiary/aromatic N) is 4. The number of nitrogens with two attached hydrogens (primary N) is 2. The average Bonchev–Trinajstić information content (AvgIpc) is 2.90. The Kier molecular flexibility index (Phi) is 2.71. The Labute approximate surface area is 112 Å². The van der Waals surface area contributed by atoms with Crippen LogP contribution in [-0.4, -0.2) is 26.9 Å². The Morgan fingerprint density at radius 1 is 1.32 bits per heavy atom. The minimum Gasteiger partial charge on any atom is -0.495 e. The SMILES string of the molecule is COc1ccc(Cc2nnc3sc(N)nn23)cc1N. The van der Waals surface area contributed by atoms with Gasteiger partial charge in [-0.05, 0) is 17.7 Å². The number of fused-ring (bicyclic) bond motifs is 1. The standard InChI is InChI=1S/C11H12N6OS/c1-18-8-3-2-6(4-7(8)12)5-9-14-15-11-17(9)16-10(13)19-11/h2-4H,5,12H2,1H3,(H2,13,16). The Hall–Kier alpha value is -2.35. The van der Waals surface area contributed by atoms with Gasteiger partial charge >= 0.3 is 0 Å². The van der Waals surface area contributed by atoms with Crippen LogP contribution in [0.2, 0.25) is 0 Å². The fraction of sp³-hybridized carbons (Fsp3) is 0.182. The zero-order valence-corrected chi connectivity index (χ0v) is 11.0. The quantitative estimate of drug-likeness (QED) is 0.690. The second-order valence-corrected chi connectivity index (χ2v) is 4.99. The number of nitrogen functional groups attached to an aromatic ring is 2. The van der Waals surface area contributed by atoms with Gasteiger partial charge in [0.1, 0.15) is 5.75 Å². The molecule has 0 saturated carbocycles. The van der Waals surface area contributed by atoms with Crippen molar-refractivity contribution in [1.82, 2.24) is 19.8 Å². The van der Waals surface area contributed by atoms with Crippen molar-refractivity contribution in [3.8, 4) is 5.75 Å². The highest BCUT2D eigenvalue weighted by Gasteiger charge is 2.11. The lowest BCUT2D eigenvalue weighted by molar-refractivity contribution is 0.417. The molecule has 0 aliphatic carbocycles. The highest BCUT2D eigenvalue weighted by Crippen LogP contribution is 2.23. The Morgan fingerprint density at radius 2 is 2.16 bits per heavy atom. The zero-order chi connectivity index (χ0) is 13.4. The van der Waals surface area contributed by atoms with E-state index >= 15 is 0 Å². The van der Waals surface area contributed by atoms with Gasteiger partial charge < -0.3 is 16.2 Å². The molecule has 3 rings (SSSR count). The van der Waals surface area contributed by atoms with E-state index in [4.69, 9.17) is 16.2 Å². The Balaban J connectivity index is 1.94. The van der Waals surface area contributed by atoms with Crippen LogP contribution in [0.15, 0.2) is 18.2 Å². The van der Waals surface area contributed by atoms with Crippen LogP contribution in [0.4, 0.5) is 10.8 Å². The van der Waals surface area contributed by atoms with E-state index in [1.807, 2.05) is 18.2 Å². The van der Waals surface area contributed by atoms with Crippen LogP contribution in [0.1, 0.15) is 11.4 Å². The molecule has 0 aliphatic rings. The molecule has 8 heteroatoms. The van der Waals surface area contributed by atoms with Crippen LogP contribution < -0.4 is 16.2 Å². The molecular formula is C11H12N6OS. The maximum atomic E-state index is 5.88. The summed E-state index contributed by atoms with van der Waals surface area (Å²) in [5.41, 5.74) is 13.1. The van der Waals surface area contributed by atoms with Crippen molar-refractivity contribution in [2.24, 2.45) is 0 Å². The van der Waals surface area contributed by atoms with Crippen LogP contribution in [-0.2, 0) is 6.42 Å². The first-order chi connectivity index (χ1) is 9.17. The molecule has 7 nitrogen and oxygen atoms in total. The summed E-state index contributed by atoms with van der Waals surface area (Å²) in [6.07, 6.45) is 0.582. The molecule has 0 spiro atoms. The summed E-state index contributed by atoms with van der Waals surface area (Å²) in [6, 6.07) is 5.62. The van der Waals surface area contributed by atoms with E-state index in [2.05, 4.69) is 15.3 Å². The van der Waals surface area contributed by atoms with E-state index in [1.54, 1.807) is 11.6 Å². The molecule has 2 aromatic heterocycles. The summed E-state index contributed by atoms with van der Waals surface area (Å²) < 4.78 is 6.78. The first kappa shape index (κ1) is 11.7. The normalized spacial score (nSPS) is 11.0. The molecule has 98 valence electrons. The van der Waals surface area contributed by atoms with Gasteiger partial charge in [-0.1, -0.05) is 17.4 Å². The Bertz CT molecular complexity index is 734. The summed E-state index contributed by atoms with van der Waals surface area (Å²) >= 11 is 1.30. The smallest absolute Gasteiger partial charge is 0.236 e. The van der Waals surface area contributed by atoms with Crippen molar-refractivity contribution < 1.29 is 4.74 Å². The van der Waals surface area contributed by atoms with Crippen LogP contribution in [0.25, 0.3) is 4.96 Å². The number of methoxy groups -OCH3 is 1. The van der Waals surface area contributed by atoms with E-state index in [1.165, 1.54) is 11.3 Å². The number of hydrogen-bond acceptors (Lipinski definition) is 7. The maximum Gasteiger partial charge on any atom is 0.236 e. The van der Waals surface area contributed by atoms with Gasteiger partial charge in [0.15, 0.2) is 5.82 Å². The fourth-order valence-corrected chi connectivity index (χ4v) is 2.48. The monoisotopic (exact) mass is 276 g/mol. The predicted molar refractivity (Wildman–Crippen MR) is 73.3 cm³/mol. The second-order valence-electron chi connectivity index (χ2n) is 4.00. The molecule has 3 aromatic rings. The second kappa shape index (κ2) is 4.39. The van der Waals surface area contributed by atoms with Crippen LogP contribution >= 0.6 is 11.3 Å². The minimum absolute atomic E-state index is 0.473. The van der Waals surface area contributed by atoms with E-state index in [-0.39, 0.29) is 0 Å². The molecule has 2 heterocycles. The van der Waals surface area contributed by atoms with Crippen molar-refractivity contribution >= 4 is 27.1 Å². The summed E-state index contributed by atoms with van der Waals surface area (Å²) in [7, 11) is 1.59. The van der Waals surface area contributed by atoms with Crippen molar-refractivity contribution in [1.29, 1.82) is 0 Å². The fourth-order valence-electron chi connectivity index (χ4n) is 1.86. The van der Waals surface area contributed by atoms with Crippen LogP contribution in [0, 0.1) is 0 Å². The van der Waals surface area contributed by atoms with Gasteiger partial charge in [0, 0.05) is 6.42 Å². The van der Waals surface area contributed by atoms with Gasteiger partial charge in [0.05, 0.1) is 12.8 Å². The minimum atomic E-state index is 0.473. The molecule has 0 atom stereocenters. The first-order valence-corrected chi connectivity index (χ1v) is 6.38. The largest absolute Gasteiger partial charge is 0.495 e. The summed E-state index contributed by atoms with van der Waals surface area (Å²) in [6.45, 7) is 0. The first-order valence-electron chi connectivity index (χ1n) is 5.56. The lowest BCUT2D eigenvalue weighted by Crippen LogP contribution is -2.00. The van der Waals surface area contributed by atoms with Crippen molar-refractivity contribution in [2.75, 3.05) is 18.6 Å². The molecule has 0 unspecified atom stereocenters. The molecule has 0 saturated heterocycles. The molecule has 0 radical (unpaired) electrons. The molecule has 0 bridgehead atoms. The summed E-state index contributed by atoms with van der Waals surface area (Å²) in [4.78, 5) is 0.689. The molecule has 0 aliphatic heterocycles. The van der Waals surface area contributed by atoms with Gasteiger partial charge in [-0.15, -0.1) is 15.3 Å². The van der Waals surface area contributed by atoms with Gasteiger partial charge in [0.25, 0.3) is 0 Å². The van der Waals surface area contributed by atoms with E-state index in [0.717, 1.165) is 11.4 Å². The number of ether oxygens (including phenoxy) is 1. The van der Waals surface area contributed by atoms with Crippen molar-refractivity contribution in [3.05, 3.63) is 29.6 Å². The van der Waals surface area contributed by atoms with E-state index < -0.39 is 0 Å². The molecule has 19 heavy (non-hydrogen) atoms. The van der Waals surface area contributed by atoms with Crippen molar-refractivity contribution in [2.45, 2.75) is 6.42 Å². The lowest BCUT2D eigenvalue weighted by atomic mass is 10.1. The zero-order valence-electron chi connectivity index (χ0n) is 10.2. The molecule has 1 aromatic carbocycles. The summed E-state index contributed by atoms with van der Waals surface area (Å²) in [5, 5.41) is 12.8. The number of hydrogen-bond donors (Lipinski definition) is 2. The number of aromatic nitrogens is 4. The van der Waals surface area contributed by atoms with Crippen molar-refractivity contribution in [3.63, 3.8) is 0 Å². The third-order valence-corrected chi connectivity index (χ3v) is 3.46. The highest BCUT2D eigenvalue weighted by atomic mass is 32.1. The van der Waals surface area contributed by atoms with Gasteiger partial charge in [-0.3, -0.25) is 0 Å². The lowest BCUT2D eigenvalue weighted by Gasteiger charge is -2.06. The number of rotatable bonds is 3. The summed E-state index contributed by atoms with van der Waals surface area (Å²) in [5.74, 6) is 1.39. The van der Waals surface area contributed by atoms with Gasteiger partial charge in [-0.2, -0.15) is 4.52 Å². The third-order valence-electron chi connectivity index (χ3n) is 2.73. The maximum absolute atomic E-state index is 5.88. The highest BCUT2D eigenvalue weighted by molar-refractivity contribution is 7.20. The predicted octanol–water partition coefficient (Wildman–Crippen LogP) is 0.950. The molecule has 0 amide bonds.